The molecule has 4 heteroatoms. The first-order valence-electron chi connectivity index (χ1n) is 6.12. The number of halogens is 2. The normalized spacial score (nSPS) is 10.5. The Labute approximate surface area is 135 Å². The van der Waals surface area contributed by atoms with E-state index in [4.69, 9.17) is 4.74 Å². The van der Waals surface area contributed by atoms with Crippen LogP contribution >= 0.6 is 38.5 Å². The minimum absolute atomic E-state index is 0.844. The van der Waals surface area contributed by atoms with E-state index in [1.165, 1.54) is 5.56 Å². The van der Waals surface area contributed by atoms with Crippen LogP contribution in [-0.2, 0) is 6.54 Å². The molecule has 1 N–H and O–H groups in total. The zero-order chi connectivity index (χ0) is 13.7. The van der Waals surface area contributed by atoms with Crippen LogP contribution in [-0.4, -0.2) is 6.54 Å². The summed E-state index contributed by atoms with van der Waals surface area (Å²) in [5, 5.41) is 3.31. The number of rotatable bonds is 5. The first kappa shape index (κ1) is 14.8. The van der Waals surface area contributed by atoms with Crippen LogP contribution in [0.3, 0.4) is 0 Å². The number of ether oxygens (including phenoxy) is 1. The Hall–Kier alpha value is -0.590. The Kier molecular flexibility index (Phi) is 5.66. The van der Waals surface area contributed by atoms with E-state index in [2.05, 4.69) is 56.8 Å². The van der Waals surface area contributed by atoms with Crippen molar-refractivity contribution in [2.45, 2.75) is 13.5 Å². The molecule has 100 valence electrons. The van der Waals surface area contributed by atoms with Crippen molar-refractivity contribution in [2.75, 3.05) is 6.54 Å². The largest absolute Gasteiger partial charge is 0.456 e. The van der Waals surface area contributed by atoms with E-state index >= 15 is 0 Å². The number of nitrogens with one attached hydrogen (secondary N) is 1. The summed E-state index contributed by atoms with van der Waals surface area (Å²) in [6.45, 7) is 3.93. The Balaban J connectivity index is 2.14. The summed E-state index contributed by atoms with van der Waals surface area (Å²) < 4.78 is 8.06. The van der Waals surface area contributed by atoms with Gasteiger partial charge in [0.2, 0.25) is 0 Å². The van der Waals surface area contributed by atoms with Gasteiger partial charge in [0, 0.05) is 11.0 Å². The molecule has 0 aliphatic heterocycles. The quantitative estimate of drug-likeness (QED) is 0.676. The monoisotopic (exact) mass is 431 g/mol. The molecule has 2 rings (SSSR count). The van der Waals surface area contributed by atoms with Crippen molar-refractivity contribution in [1.29, 1.82) is 0 Å². The molecule has 0 aliphatic carbocycles. The SMILES string of the molecule is CCNCc1ccc(Oc2ccccc2I)cc1Br. The summed E-state index contributed by atoms with van der Waals surface area (Å²) >= 11 is 5.86. The molecule has 0 fully saturated rings. The lowest BCUT2D eigenvalue weighted by Crippen LogP contribution is -2.11. The van der Waals surface area contributed by atoms with Crippen molar-refractivity contribution in [3.8, 4) is 11.5 Å². The van der Waals surface area contributed by atoms with Crippen molar-refractivity contribution < 1.29 is 4.74 Å². The average Bonchev–Trinajstić information content (AvgIpc) is 2.40. The average molecular weight is 432 g/mol. The fourth-order valence-electron chi connectivity index (χ4n) is 1.65. The van der Waals surface area contributed by atoms with Gasteiger partial charge in [0.15, 0.2) is 0 Å². The summed E-state index contributed by atoms with van der Waals surface area (Å²) in [5.41, 5.74) is 1.23. The Morgan fingerprint density at radius 3 is 2.68 bits per heavy atom. The Bertz CT molecular complexity index is 560. The highest BCUT2D eigenvalue weighted by Gasteiger charge is 2.05. The molecule has 2 nitrogen and oxygen atoms in total. The fourth-order valence-corrected chi connectivity index (χ4v) is 2.64. The third-order valence-electron chi connectivity index (χ3n) is 2.65. The van der Waals surface area contributed by atoms with Crippen LogP contribution in [0.25, 0.3) is 0 Å². The van der Waals surface area contributed by atoms with E-state index in [0.717, 1.165) is 32.6 Å². The van der Waals surface area contributed by atoms with Crippen LogP contribution in [0.1, 0.15) is 12.5 Å². The van der Waals surface area contributed by atoms with E-state index in [0.29, 0.717) is 0 Å². The van der Waals surface area contributed by atoms with Crippen molar-refractivity contribution in [2.24, 2.45) is 0 Å². The zero-order valence-electron chi connectivity index (χ0n) is 10.6. The van der Waals surface area contributed by atoms with Gasteiger partial charge in [-0.3, -0.25) is 0 Å². The highest BCUT2D eigenvalue weighted by atomic mass is 127. The summed E-state index contributed by atoms with van der Waals surface area (Å²) in [6, 6.07) is 14.1. The maximum absolute atomic E-state index is 5.89. The maximum atomic E-state index is 5.89. The predicted octanol–water partition coefficient (Wildman–Crippen LogP) is 4.96. The van der Waals surface area contributed by atoms with Crippen LogP contribution in [0, 0.1) is 3.57 Å². The summed E-state index contributed by atoms with van der Waals surface area (Å²) in [5.74, 6) is 1.73. The molecule has 0 saturated carbocycles. The number of hydrogen-bond donors (Lipinski definition) is 1. The Morgan fingerprint density at radius 2 is 2.00 bits per heavy atom. The highest BCUT2D eigenvalue weighted by Crippen LogP contribution is 2.29. The molecule has 0 saturated heterocycles. The molecule has 0 heterocycles. The molecular formula is C15H15BrINO. The van der Waals surface area contributed by atoms with Gasteiger partial charge >= 0.3 is 0 Å². The van der Waals surface area contributed by atoms with Crippen molar-refractivity contribution in [3.05, 3.63) is 56.1 Å². The molecule has 0 aliphatic rings. The van der Waals surface area contributed by atoms with Gasteiger partial charge in [-0.15, -0.1) is 0 Å². The van der Waals surface area contributed by atoms with Crippen molar-refractivity contribution in [3.63, 3.8) is 0 Å². The van der Waals surface area contributed by atoms with Crippen LogP contribution in [0.2, 0.25) is 0 Å². The molecule has 0 atom stereocenters. The molecule has 2 aromatic rings. The maximum Gasteiger partial charge on any atom is 0.140 e. The molecule has 0 unspecified atom stereocenters. The molecular weight excluding hydrogens is 417 g/mol. The minimum Gasteiger partial charge on any atom is -0.456 e. The standard InChI is InChI=1S/C15H15BrINO/c1-2-18-10-11-7-8-12(9-13(11)16)19-15-6-4-3-5-14(15)17/h3-9,18H,2,10H2,1H3. The van der Waals surface area contributed by atoms with Crippen LogP contribution in [0.15, 0.2) is 46.9 Å². The van der Waals surface area contributed by atoms with Crippen LogP contribution < -0.4 is 10.1 Å². The minimum atomic E-state index is 0.844. The van der Waals surface area contributed by atoms with Gasteiger partial charge in [-0.1, -0.05) is 41.1 Å². The van der Waals surface area contributed by atoms with E-state index < -0.39 is 0 Å². The lowest BCUT2D eigenvalue weighted by Gasteiger charge is -2.10. The predicted molar refractivity (Wildman–Crippen MR) is 90.8 cm³/mol. The van der Waals surface area contributed by atoms with Gasteiger partial charge in [0.25, 0.3) is 0 Å². The third-order valence-corrected chi connectivity index (χ3v) is 4.28. The smallest absolute Gasteiger partial charge is 0.140 e. The van der Waals surface area contributed by atoms with Gasteiger partial charge in [0.05, 0.1) is 3.57 Å². The Morgan fingerprint density at radius 1 is 1.21 bits per heavy atom. The molecule has 0 radical (unpaired) electrons. The first-order chi connectivity index (χ1) is 9.20. The zero-order valence-corrected chi connectivity index (χ0v) is 14.4. The molecule has 0 spiro atoms. The van der Waals surface area contributed by atoms with Crippen molar-refractivity contribution in [1.82, 2.24) is 5.32 Å². The fraction of sp³-hybridized carbons (Fsp3) is 0.200. The lowest BCUT2D eigenvalue weighted by atomic mass is 10.2. The summed E-state index contributed by atoms with van der Waals surface area (Å²) in [4.78, 5) is 0. The van der Waals surface area contributed by atoms with Gasteiger partial charge in [-0.2, -0.15) is 0 Å². The second-order valence-corrected chi connectivity index (χ2v) is 6.08. The van der Waals surface area contributed by atoms with Crippen LogP contribution in [0.5, 0.6) is 11.5 Å². The van der Waals surface area contributed by atoms with Gasteiger partial charge in [-0.25, -0.2) is 0 Å². The topological polar surface area (TPSA) is 21.3 Å². The molecule has 0 amide bonds. The number of hydrogen-bond acceptors (Lipinski definition) is 2. The molecule has 0 aromatic heterocycles. The molecule has 2 aromatic carbocycles. The van der Waals surface area contributed by atoms with E-state index in [-0.39, 0.29) is 0 Å². The van der Waals surface area contributed by atoms with Crippen molar-refractivity contribution >= 4 is 38.5 Å². The number of benzene rings is 2. The number of para-hydroxylation sites is 1. The highest BCUT2D eigenvalue weighted by molar-refractivity contribution is 14.1. The molecule has 19 heavy (non-hydrogen) atoms. The van der Waals surface area contributed by atoms with E-state index in [9.17, 15) is 0 Å². The lowest BCUT2D eigenvalue weighted by molar-refractivity contribution is 0.478. The second kappa shape index (κ2) is 7.26. The van der Waals surface area contributed by atoms with Gasteiger partial charge < -0.3 is 10.1 Å². The van der Waals surface area contributed by atoms with E-state index in [1.807, 2.05) is 36.4 Å². The van der Waals surface area contributed by atoms with Gasteiger partial charge in [0.1, 0.15) is 11.5 Å². The van der Waals surface area contributed by atoms with Crippen LogP contribution in [0.4, 0.5) is 0 Å². The first-order valence-corrected chi connectivity index (χ1v) is 7.99. The third kappa shape index (κ3) is 4.19. The molecule has 0 bridgehead atoms. The summed E-state index contributed by atoms with van der Waals surface area (Å²) in [7, 11) is 0. The van der Waals surface area contributed by atoms with Gasteiger partial charge in [-0.05, 0) is 59.0 Å². The second-order valence-electron chi connectivity index (χ2n) is 4.07. The summed E-state index contributed by atoms with van der Waals surface area (Å²) in [6.07, 6.45) is 0. The van der Waals surface area contributed by atoms with E-state index in [1.54, 1.807) is 0 Å².